The molecule has 0 bridgehead atoms. The maximum absolute atomic E-state index is 5.23. The van der Waals surface area contributed by atoms with E-state index in [0.717, 1.165) is 25.6 Å². The van der Waals surface area contributed by atoms with Gasteiger partial charge in [-0.15, -0.1) is 0 Å². The monoisotopic (exact) mass is 325 g/mol. The SMILES string of the molecule is COCCC(C)C(CNC1CC1)c1cccc(Br)c1. The van der Waals surface area contributed by atoms with Gasteiger partial charge >= 0.3 is 0 Å². The summed E-state index contributed by atoms with van der Waals surface area (Å²) in [5, 5.41) is 3.68. The number of benzene rings is 1. The molecule has 3 heteroatoms. The van der Waals surface area contributed by atoms with Crippen LogP contribution in [0.2, 0.25) is 0 Å². The minimum atomic E-state index is 0.563. The van der Waals surface area contributed by atoms with E-state index in [-0.39, 0.29) is 0 Å². The average Bonchev–Trinajstić information content (AvgIpc) is 3.21. The predicted octanol–water partition coefficient (Wildman–Crippen LogP) is 3.96. The second-order valence-electron chi connectivity index (χ2n) is 5.60. The molecule has 0 saturated heterocycles. The third-order valence-electron chi connectivity index (χ3n) is 3.94. The summed E-state index contributed by atoms with van der Waals surface area (Å²) < 4.78 is 6.40. The number of hydrogen-bond donors (Lipinski definition) is 1. The van der Waals surface area contributed by atoms with Gasteiger partial charge in [-0.1, -0.05) is 35.0 Å². The minimum Gasteiger partial charge on any atom is -0.385 e. The van der Waals surface area contributed by atoms with Crippen molar-refractivity contribution in [2.45, 2.75) is 38.1 Å². The number of ether oxygens (including phenoxy) is 1. The second kappa shape index (κ2) is 7.41. The largest absolute Gasteiger partial charge is 0.385 e. The molecule has 0 heterocycles. The molecular weight excluding hydrogens is 302 g/mol. The lowest BCUT2D eigenvalue weighted by molar-refractivity contribution is 0.173. The molecule has 0 spiro atoms. The lowest BCUT2D eigenvalue weighted by Crippen LogP contribution is -2.27. The fraction of sp³-hybridized carbons (Fsp3) is 0.625. The summed E-state index contributed by atoms with van der Waals surface area (Å²) in [6.07, 6.45) is 3.80. The van der Waals surface area contributed by atoms with E-state index in [1.54, 1.807) is 7.11 Å². The van der Waals surface area contributed by atoms with Gasteiger partial charge in [-0.05, 0) is 48.8 Å². The van der Waals surface area contributed by atoms with Crippen molar-refractivity contribution in [1.82, 2.24) is 5.32 Å². The smallest absolute Gasteiger partial charge is 0.0465 e. The fourth-order valence-electron chi connectivity index (χ4n) is 2.47. The van der Waals surface area contributed by atoms with Gasteiger partial charge in [0.1, 0.15) is 0 Å². The minimum absolute atomic E-state index is 0.563. The molecule has 1 saturated carbocycles. The Bertz CT molecular complexity index is 392. The third-order valence-corrected chi connectivity index (χ3v) is 4.44. The van der Waals surface area contributed by atoms with Crippen LogP contribution in [0.25, 0.3) is 0 Å². The number of rotatable bonds is 8. The van der Waals surface area contributed by atoms with Crippen LogP contribution in [0, 0.1) is 5.92 Å². The fourth-order valence-corrected chi connectivity index (χ4v) is 2.89. The first-order valence-electron chi connectivity index (χ1n) is 7.18. The van der Waals surface area contributed by atoms with Crippen molar-refractivity contribution in [2.24, 2.45) is 5.92 Å². The highest BCUT2D eigenvalue weighted by atomic mass is 79.9. The van der Waals surface area contributed by atoms with Crippen molar-refractivity contribution < 1.29 is 4.74 Å². The number of halogens is 1. The molecule has 106 valence electrons. The molecule has 0 aliphatic heterocycles. The van der Waals surface area contributed by atoms with E-state index in [0.29, 0.717) is 11.8 Å². The highest BCUT2D eigenvalue weighted by molar-refractivity contribution is 9.10. The maximum atomic E-state index is 5.23. The maximum Gasteiger partial charge on any atom is 0.0465 e. The van der Waals surface area contributed by atoms with Crippen LogP contribution < -0.4 is 5.32 Å². The molecule has 1 fully saturated rings. The van der Waals surface area contributed by atoms with E-state index >= 15 is 0 Å². The Morgan fingerprint density at radius 3 is 2.84 bits per heavy atom. The Morgan fingerprint density at radius 1 is 1.42 bits per heavy atom. The van der Waals surface area contributed by atoms with Crippen LogP contribution in [0.3, 0.4) is 0 Å². The van der Waals surface area contributed by atoms with E-state index < -0.39 is 0 Å². The van der Waals surface area contributed by atoms with Crippen LogP contribution in [0.15, 0.2) is 28.7 Å². The van der Waals surface area contributed by atoms with Crippen molar-refractivity contribution in [2.75, 3.05) is 20.3 Å². The molecule has 1 aromatic carbocycles. The summed E-state index contributed by atoms with van der Waals surface area (Å²) in [5.74, 6) is 1.19. The Labute approximate surface area is 125 Å². The molecule has 19 heavy (non-hydrogen) atoms. The van der Waals surface area contributed by atoms with Crippen LogP contribution in [0.4, 0.5) is 0 Å². The number of methoxy groups -OCH3 is 1. The van der Waals surface area contributed by atoms with Gasteiger partial charge in [0.15, 0.2) is 0 Å². The summed E-state index contributed by atoms with van der Waals surface area (Å²) in [6, 6.07) is 9.49. The molecule has 0 aromatic heterocycles. The van der Waals surface area contributed by atoms with Crippen molar-refractivity contribution >= 4 is 15.9 Å². The van der Waals surface area contributed by atoms with Crippen molar-refractivity contribution in [1.29, 1.82) is 0 Å². The Balaban J connectivity index is 2.02. The molecule has 0 radical (unpaired) electrons. The van der Waals surface area contributed by atoms with E-state index in [1.807, 2.05) is 0 Å². The summed E-state index contributed by atoms with van der Waals surface area (Å²) in [5.41, 5.74) is 1.42. The molecule has 1 aliphatic carbocycles. The van der Waals surface area contributed by atoms with E-state index in [9.17, 15) is 0 Å². The zero-order chi connectivity index (χ0) is 13.7. The first-order valence-corrected chi connectivity index (χ1v) is 7.97. The summed E-state index contributed by atoms with van der Waals surface area (Å²) >= 11 is 3.58. The Hall–Kier alpha value is -0.380. The Morgan fingerprint density at radius 2 is 2.21 bits per heavy atom. The van der Waals surface area contributed by atoms with E-state index in [4.69, 9.17) is 4.74 Å². The molecular formula is C16H24BrNO. The van der Waals surface area contributed by atoms with Gasteiger partial charge in [-0.3, -0.25) is 0 Å². The molecule has 1 N–H and O–H groups in total. The molecule has 1 aromatic rings. The first kappa shape index (κ1) is 15.0. The van der Waals surface area contributed by atoms with Gasteiger partial charge in [-0.2, -0.15) is 0 Å². The molecule has 2 nitrogen and oxygen atoms in total. The van der Waals surface area contributed by atoms with Crippen molar-refractivity contribution in [3.05, 3.63) is 34.3 Å². The number of nitrogens with one attached hydrogen (secondary N) is 1. The lowest BCUT2D eigenvalue weighted by Gasteiger charge is -2.25. The molecule has 0 amide bonds. The standard InChI is InChI=1S/C16H24BrNO/c1-12(8-9-19-2)16(11-18-15-6-7-15)13-4-3-5-14(17)10-13/h3-5,10,12,15-16,18H,6-9,11H2,1-2H3. The topological polar surface area (TPSA) is 21.3 Å². The van der Waals surface area contributed by atoms with Crippen LogP contribution >= 0.6 is 15.9 Å². The van der Waals surface area contributed by atoms with Crippen LogP contribution in [0.1, 0.15) is 37.7 Å². The highest BCUT2D eigenvalue weighted by Gasteiger charge is 2.25. The van der Waals surface area contributed by atoms with E-state index in [1.165, 1.54) is 22.9 Å². The second-order valence-corrected chi connectivity index (χ2v) is 6.52. The zero-order valence-corrected chi connectivity index (χ0v) is 13.4. The van der Waals surface area contributed by atoms with Gasteiger partial charge in [-0.25, -0.2) is 0 Å². The Kier molecular flexibility index (Phi) is 5.86. The normalized spacial score (nSPS) is 18.3. The van der Waals surface area contributed by atoms with Gasteiger partial charge in [0, 0.05) is 30.8 Å². The van der Waals surface area contributed by atoms with Gasteiger partial charge in [0.2, 0.25) is 0 Å². The highest BCUT2D eigenvalue weighted by Crippen LogP contribution is 2.30. The predicted molar refractivity (Wildman–Crippen MR) is 83.6 cm³/mol. The number of hydrogen-bond acceptors (Lipinski definition) is 2. The summed E-state index contributed by atoms with van der Waals surface area (Å²) in [7, 11) is 1.78. The lowest BCUT2D eigenvalue weighted by atomic mass is 9.85. The summed E-state index contributed by atoms with van der Waals surface area (Å²) in [6.45, 7) is 4.25. The van der Waals surface area contributed by atoms with Crippen LogP contribution in [0.5, 0.6) is 0 Å². The van der Waals surface area contributed by atoms with Gasteiger partial charge in [0.05, 0.1) is 0 Å². The van der Waals surface area contributed by atoms with Crippen LogP contribution in [-0.4, -0.2) is 26.3 Å². The average molecular weight is 326 g/mol. The zero-order valence-electron chi connectivity index (χ0n) is 11.9. The van der Waals surface area contributed by atoms with Gasteiger partial charge < -0.3 is 10.1 Å². The van der Waals surface area contributed by atoms with Crippen molar-refractivity contribution in [3.63, 3.8) is 0 Å². The third kappa shape index (κ3) is 4.90. The summed E-state index contributed by atoms with van der Waals surface area (Å²) in [4.78, 5) is 0. The molecule has 2 atom stereocenters. The van der Waals surface area contributed by atoms with Crippen LogP contribution in [-0.2, 0) is 4.74 Å². The first-order chi connectivity index (χ1) is 9.20. The van der Waals surface area contributed by atoms with E-state index in [2.05, 4.69) is 52.4 Å². The molecule has 1 aliphatic rings. The molecule has 2 unspecified atom stereocenters. The molecule has 2 rings (SSSR count). The quantitative estimate of drug-likeness (QED) is 0.781. The van der Waals surface area contributed by atoms with Crippen molar-refractivity contribution in [3.8, 4) is 0 Å². The van der Waals surface area contributed by atoms with Gasteiger partial charge in [0.25, 0.3) is 0 Å².